The Labute approximate surface area is 132 Å². The van der Waals surface area contributed by atoms with Crippen LogP contribution < -0.4 is 5.32 Å². The van der Waals surface area contributed by atoms with Crippen molar-refractivity contribution in [2.24, 2.45) is 5.92 Å². The molecular formula is C14H14Cl2N2O3. The van der Waals surface area contributed by atoms with Gasteiger partial charge in [-0.3, -0.25) is 9.59 Å². The maximum atomic E-state index is 11.8. The number of halogens is 2. The number of nitrogens with one attached hydrogen (secondary N) is 1. The van der Waals surface area contributed by atoms with Crippen molar-refractivity contribution in [3.63, 3.8) is 0 Å². The van der Waals surface area contributed by atoms with Gasteiger partial charge in [0.25, 0.3) is 5.91 Å². The van der Waals surface area contributed by atoms with Gasteiger partial charge in [0.2, 0.25) is 0 Å². The van der Waals surface area contributed by atoms with Crippen LogP contribution in [0.1, 0.15) is 19.3 Å². The van der Waals surface area contributed by atoms with Gasteiger partial charge in [0.15, 0.2) is 12.4 Å². The number of pyridine rings is 1. The second kappa shape index (κ2) is 7.43. The molecule has 0 fully saturated rings. The summed E-state index contributed by atoms with van der Waals surface area (Å²) in [6, 6.07) is 1.46. The molecule has 0 radical (unpaired) electrons. The first kappa shape index (κ1) is 15.8. The molecule has 7 heteroatoms. The lowest BCUT2D eigenvalue weighted by Gasteiger charge is -2.16. The van der Waals surface area contributed by atoms with E-state index in [-0.39, 0.29) is 29.3 Å². The summed E-state index contributed by atoms with van der Waals surface area (Å²) in [4.78, 5) is 27.4. The van der Waals surface area contributed by atoms with Crippen LogP contribution in [0.3, 0.4) is 0 Å². The molecule has 1 aliphatic carbocycles. The molecule has 1 aromatic heterocycles. The Morgan fingerprint density at radius 1 is 1.38 bits per heavy atom. The normalized spacial score (nSPS) is 17.3. The summed E-state index contributed by atoms with van der Waals surface area (Å²) in [5, 5.41) is 3.06. The van der Waals surface area contributed by atoms with E-state index < -0.39 is 5.91 Å². The second-order valence-corrected chi connectivity index (χ2v) is 5.46. The Morgan fingerprint density at radius 2 is 2.19 bits per heavy atom. The minimum atomic E-state index is -0.494. The lowest BCUT2D eigenvalue weighted by atomic mass is 9.95. The third-order valence-corrected chi connectivity index (χ3v) is 3.51. The van der Waals surface area contributed by atoms with Crippen LogP contribution in [0.4, 0.5) is 5.82 Å². The molecule has 1 aromatic rings. The third-order valence-electron chi connectivity index (χ3n) is 3.01. The second-order valence-electron chi connectivity index (χ2n) is 4.62. The SMILES string of the molecule is O=C(COC(=O)[C@H]1CC=CCC1)Nc1ncc(Cl)cc1Cl. The molecule has 1 N–H and O–H groups in total. The smallest absolute Gasteiger partial charge is 0.309 e. The van der Waals surface area contributed by atoms with Gasteiger partial charge in [0.1, 0.15) is 0 Å². The molecule has 1 atom stereocenters. The topological polar surface area (TPSA) is 68.3 Å². The Morgan fingerprint density at radius 3 is 2.86 bits per heavy atom. The molecule has 1 aliphatic rings. The summed E-state index contributed by atoms with van der Waals surface area (Å²) in [6.07, 6.45) is 7.61. The van der Waals surface area contributed by atoms with E-state index in [1.807, 2.05) is 12.2 Å². The van der Waals surface area contributed by atoms with Crippen molar-refractivity contribution in [2.75, 3.05) is 11.9 Å². The highest BCUT2D eigenvalue weighted by molar-refractivity contribution is 6.36. The third kappa shape index (κ3) is 4.72. The van der Waals surface area contributed by atoms with E-state index in [0.29, 0.717) is 11.4 Å². The Balaban J connectivity index is 1.81. The summed E-state index contributed by atoms with van der Waals surface area (Å²) in [5.41, 5.74) is 0. The minimum absolute atomic E-state index is 0.167. The molecule has 2 rings (SSSR count). The van der Waals surface area contributed by atoms with Crippen molar-refractivity contribution in [3.05, 3.63) is 34.5 Å². The first-order chi connectivity index (χ1) is 10.1. The summed E-state index contributed by atoms with van der Waals surface area (Å²) >= 11 is 11.6. The van der Waals surface area contributed by atoms with E-state index >= 15 is 0 Å². The lowest BCUT2D eigenvalue weighted by Crippen LogP contribution is -2.25. The summed E-state index contributed by atoms with van der Waals surface area (Å²) in [6.45, 7) is -0.361. The highest BCUT2D eigenvalue weighted by Gasteiger charge is 2.21. The van der Waals surface area contributed by atoms with Gasteiger partial charge in [-0.2, -0.15) is 0 Å². The fourth-order valence-electron chi connectivity index (χ4n) is 1.94. The molecule has 0 aromatic carbocycles. The fraction of sp³-hybridized carbons (Fsp3) is 0.357. The average molecular weight is 329 g/mol. The van der Waals surface area contributed by atoms with Crippen LogP contribution in [0.5, 0.6) is 0 Å². The maximum absolute atomic E-state index is 11.8. The largest absolute Gasteiger partial charge is 0.455 e. The number of hydrogen-bond donors (Lipinski definition) is 1. The molecular weight excluding hydrogens is 315 g/mol. The van der Waals surface area contributed by atoms with Gasteiger partial charge >= 0.3 is 5.97 Å². The first-order valence-corrected chi connectivity index (χ1v) is 7.24. The van der Waals surface area contributed by atoms with Gasteiger partial charge in [0.05, 0.1) is 16.0 Å². The predicted octanol–water partition coefficient (Wildman–Crippen LogP) is 3.23. The number of rotatable bonds is 4. The van der Waals surface area contributed by atoms with Crippen molar-refractivity contribution >= 4 is 40.9 Å². The molecule has 0 spiro atoms. The van der Waals surface area contributed by atoms with Crippen LogP contribution >= 0.6 is 23.2 Å². The highest BCUT2D eigenvalue weighted by atomic mass is 35.5. The van der Waals surface area contributed by atoms with Crippen LogP contribution in [0.25, 0.3) is 0 Å². The van der Waals surface area contributed by atoms with E-state index in [9.17, 15) is 9.59 Å². The number of ether oxygens (including phenoxy) is 1. The molecule has 0 unspecified atom stereocenters. The van der Waals surface area contributed by atoms with Crippen LogP contribution in [-0.2, 0) is 14.3 Å². The van der Waals surface area contributed by atoms with Gasteiger partial charge in [-0.05, 0) is 25.3 Å². The number of esters is 1. The number of carbonyl (C=O) groups is 2. The van der Waals surface area contributed by atoms with Crippen molar-refractivity contribution < 1.29 is 14.3 Å². The summed E-state index contributed by atoms with van der Waals surface area (Å²) < 4.78 is 5.00. The summed E-state index contributed by atoms with van der Waals surface area (Å²) in [5.74, 6) is -0.834. The number of allylic oxidation sites excluding steroid dienone is 2. The number of nitrogens with zero attached hydrogens (tertiary/aromatic N) is 1. The van der Waals surface area contributed by atoms with E-state index in [1.165, 1.54) is 12.3 Å². The number of aromatic nitrogens is 1. The van der Waals surface area contributed by atoms with Crippen LogP contribution in [0, 0.1) is 5.92 Å². The van der Waals surface area contributed by atoms with Gasteiger partial charge < -0.3 is 10.1 Å². The number of amides is 1. The molecule has 21 heavy (non-hydrogen) atoms. The van der Waals surface area contributed by atoms with Crippen molar-refractivity contribution in [1.29, 1.82) is 0 Å². The molecule has 0 aliphatic heterocycles. The summed E-state index contributed by atoms with van der Waals surface area (Å²) in [7, 11) is 0. The Kier molecular flexibility index (Phi) is 5.59. The van der Waals surface area contributed by atoms with Gasteiger partial charge in [-0.15, -0.1) is 0 Å². The van der Waals surface area contributed by atoms with Crippen molar-refractivity contribution in [3.8, 4) is 0 Å². The minimum Gasteiger partial charge on any atom is -0.455 e. The van der Waals surface area contributed by atoms with Crippen molar-refractivity contribution in [2.45, 2.75) is 19.3 Å². The zero-order valence-electron chi connectivity index (χ0n) is 11.1. The molecule has 1 amide bonds. The van der Waals surface area contributed by atoms with Crippen LogP contribution in [-0.4, -0.2) is 23.5 Å². The van der Waals surface area contributed by atoms with E-state index in [0.717, 1.165) is 12.8 Å². The van der Waals surface area contributed by atoms with Gasteiger partial charge in [0, 0.05) is 6.20 Å². The molecule has 0 saturated heterocycles. The Bertz CT molecular complexity index is 575. The zero-order valence-corrected chi connectivity index (χ0v) is 12.7. The molecule has 112 valence electrons. The first-order valence-electron chi connectivity index (χ1n) is 6.49. The maximum Gasteiger partial charge on any atom is 0.309 e. The van der Waals surface area contributed by atoms with Crippen LogP contribution in [0.2, 0.25) is 10.0 Å². The highest BCUT2D eigenvalue weighted by Crippen LogP contribution is 2.22. The standard InChI is InChI=1S/C14H14Cl2N2O3/c15-10-6-11(16)13(17-7-10)18-12(19)8-21-14(20)9-4-2-1-3-5-9/h1-2,6-7,9H,3-5,8H2,(H,17,18,19)/t9-/m0/s1. The number of anilines is 1. The fourth-order valence-corrected chi connectivity index (χ4v) is 2.36. The van der Waals surface area contributed by atoms with Crippen molar-refractivity contribution in [1.82, 2.24) is 4.98 Å². The van der Waals surface area contributed by atoms with E-state index in [1.54, 1.807) is 0 Å². The monoisotopic (exact) mass is 328 g/mol. The van der Waals surface area contributed by atoms with Gasteiger partial charge in [-0.1, -0.05) is 35.4 Å². The predicted molar refractivity (Wildman–Crippen MR) is 80.3 cm³/mol. The zero-order chi connectivity index (χ0) is 15.2. The van der Waals surface area contributed by atoms with E-state index in [4.69, 9.17) is 27.9 Å². The van der Waals surface area contributed by atoms with Crippen LogP contribution in [0.15, 0.2) is 24.4 Å². The quantitative estimate of drug-likeness (QED) is 0.680. The molecule has 5 nitrogen and oxygen atoms in total. The number of carbonyl (C=O) groups excluding carboxylic acids is 2. The number of hydrogen-bond acceptors (Lipinski definition) is 4. The van der Waals surface area contributed by atoms with E-state index in [2.05, 4.69) is 10.3 Å². The molecule has 0 saturated carbocycles. The lowest BCUT2D eigenvalue weighted by molar-refractivity contribution is -0.151. The molecule has 0 bridgehead atoms. The average Bonchev–Trinajstić information content (AvgIpc) is 2.48. The van der Waals surface area contributed by atoms with Gasteiger partial charge in [-0.25, -0.2) is 4.98 Å². The Hall–Kier alpha value is -1.59. The molecule has 1 heterocycles.